The molecule has 0 aliphatic heterocycles. The molecular weight excluding hydrogens is 567 g/mol. The van der Waals surface area contributed by atoms with Crippen LogP contribution in [0.25, 0.3) is 11.1 Å². The summed E-state index contributed by atoms with van der Waals surface area (Å²) in [5.41, 5.74) is 14.1. The number of hydrogen-bond donors (Lipinski definition) is 0. The van der Waals surface area contributed by atoms with Crippen LogP contribution in [0.3, 0.4) is 0 Å². The van der Waals surface area contributed by atoms with Crippen molar-refractivity contribution in [3.8, 4) is 11.1 Å². The first-order valence-corrected chi connectivity index (χ1v) is 16.8. The van der Waals surface area contributed by atoms with Crippen molar-refractivity contribution in [1.29, 1.82) is 0 Å². The zero-order valence-electron chi connectivity index (χ0n) is 26.8. The van der Waals surface area contributed by atoms with Gasteiger partial charge in [-0.3, -0.25) is 0 Å². The maximum absolute atomic E-state index is 2.53. The Morgan fingerprint density at radius 1 is 0.468 bits per heavy atom. The first-order valence-electron chi connectivity index (χ1n) is 16.8. The van der Waals surface area contributed by atoms with Crippen molar-refractivity contribution in [3.63, 3.8) is 0 Å². The average Bonchev–Trinajstić information content (AvgIpc) is 3.56. The second-order valence-electron chi connectivity index (χ2n) is 13.7. The van der Waals surface area contributed by atoms with Crippen LogP contribution in [-0.2, 0) is 10.8 Å². The topological polar surface area (TPSA) is 3.24 Å². The minimum absolute atomic E-state index is 0.0347. The standard InChI is InChI=1S/C46H37N/c1-45(2)41-25-12-9-24-39(41)40-31-33(28-29-42(40)45)46(43-26-13-10-22-37(43)38-23-11-14-27-44(38)46)32-16-15-21-36(30-32)47(34-17-5-3-6-18-34)35-19-7-4-8-20-35/h3-31,37,43H,1-2H3. The number of allylic oxidation sites excluding steroid dienone is 4. The van der Waals surface area contributed by atoms with E-state index in [1.54, 1.807) is 0 Å². The van der Waals surface area contributed by atoms with E-state index in [2.05, 4.69) is 195 Å². The Morgan fingerprint density at radius 3 is 1.83 bits per heavy atom. The number of para-hydroxylation sites is 2. The van der Waals surface area contributed by atoms with Gasteiger partial charge in [0.2, 0.25) is 0 Å². The summed E-state index contributed by atoms with van der Waals surface area (Å²) in [6.07, 6.45) is 9.38. The molecule has 9 rings (SSSR count). The molecule has 0 spiro atoms. The highest BCUT2D eigenvalue weighted by molar-refractivity contribution is 5.83. The highest BCUT2D eigenvalue weighted by Gasteiger charge is 2.53. The quantitative estimate of drug-likeness (QED) is 0.189. The zero-order valence-corrected chi connectivity index (χ0v) is 26.8. The van der Waals surface area contributed by atoms with Crippen LogP contribution < -0.4 is 4.90 Å². The molecule has 0 fully saturated rings. The predicted octanol–water partition coefficient (Wildman–Crippen LogP) is 11.6. The van der Waals surface area contributed by atoms with Crippen LogP contribution in [0.2, 0.25) is 0 Å². The van der Waals surface area contributed by atoms with Crippen molar-refractivity contribution < 1.29 is 0 Å². The number of rotatable bonds is 5. The second-order valence-corrected chi connectivity index (χ2v) is 13.7. The van der Waals surface area contributed by atoms with E-state index in [4.69, 9.17) is 0 Å². The van der Waals surface area contributed by atoms with Gasteiger partial charge in [-0.15, -0.1) is 0 Å². The van der Waals surface area contributed by atoms with Crippen molar-refractivity contribution in [2.75, 3.05) is 4.90 Å². The summed E-state index contributed by atoms with van der Waals surface area (Å²) in [4.78, 5) is 2.38. The molecule has 226 valence electrons. The molecule has 1 nitrogen and oxygen atoms in total. The van der Waals surface area contributed by atoms with E-state index in [-0.39, 0.29) is 16.7 Å². The van der Waals surface area contributed by atoms with Crippen molar-refractivity contribution in [3.05, 3.63) is 209 Å². The lowest BCUT2D eigenvalue weighted by molar-refractivity contribution is 0.456. The van der Waals surface area contributed by atoms with Gasteiger partial charge < -0.3 is 4.90 Å². The van der Waals surface area contributed by atoms with E-state index in [0.717, 1.165) is 17.1 Å². The van der Waals surface area contributed by atoms with Gasteiger partial charge in [0.05, 0.1) is 5.41 Å². The maximum atomic E-state index is 2.53. The largest absolute Gasteiger partial charge is 0.310 e. The van der Waals surface area contributed by atoms with Crippen LogP contribution >= 0.6 is 0 Å². The molecular formula is C46H37N. The van der Waals surface area contributed by atoms with Gasteiger partial charge in [0.1, 0.15) is 0 Å². The minimum Gasteiger partial charge on any atom is -0.310 e. The zero-order chi connectivity index (χ0) is 31.6. The lowest BCUT2D eigenvalue weighted by Crippen LogP contribution is -2.35. The van der Waals surface area contributed by atoms with Crippen LogP contribution in [-0.4, -0.2) is 0 Å². The molecule has 0 amide bonds. The number of benzene rings is 6. The van der Waals surface area contributed by atoms with Crippen molar-refractivity contribution in [2.24, 2.45) is 5.92 Å². The second kappa shape index (κ2) is 10.6. The molecule has 0 saturated carbocycles. The van der Waals surface area contributed by atoms with Gasteiger partial charge >= 0.3 is 0 Å². The minimum atomic E-state index is -0.381. The summed E-state index contributed by atoms with van der Waals surface area (Å²) in [5, 5.41) is 0. The third-order valence-corrected chi connectivity index (χ3v) is 11.0. The molecule has 3 aliphatic carbocycles. The van der Waals surface area contributed by atoms with Crippen LogP contribution in [0.15, 0.2) is 176 Å². The fraction of sp³-hybridized carbons (Fsp3) is 0.130. The molecule has 3 unspecified atom stereocenters. The average molecular weight is 604 g/mol. The molecule has 0 heterocycles. The molecule has 0 saturated heterocycles. The van der Waals surface area contributed by atoms with Crippen LogP contribution in [0, 0.1) is 5.92 Å². The summed E-state index contributed by atoms with van der Waals surface area (Å²) in [5.74, 6) is 0.543. The first-order chi connectivity index (χ1) is 23.1. The monoisotopic (exact) mass is 603 g/mol. The van der Waals surface area contributed by atoms with E-state index in [1.165, 1.54) is 44.5 Å². The molecule has 6 aromatic rings. The van der Waals surface area contributed by atoms with Gasteiger partial charge in [-0.05, 0) is 87.0 Å². The number of anilines is 3. The molecule has 47 heavy (non-hydrogen) atoms. The fourth-order valence-corrected chi connectivity index (χ4v) is 8.96. The van der Waals surface area contributed by atoms with E-state index >= 15 is 0 Å². The lowest BCUT2D eigenvalue weighted by Gasteiger charge is -2.40. The summed E-state index contributed by atoms with van der Waals surface area (Å²) >= 11 is 0. The van der Waals surface area contributed by atoms with Crippen LogP contribution in [0.1, 0.15) is 53.1 Å². The Labute approximate surface area is 278 Å². The number of nitrogens with zero attached hydrogens (tertiary/aromatic N) is 1. The molecule has 0 N–H and O–H groups in total. The number of fused-ring (bicyclic) bond motifs is 6. The molecule has 3 atom stereocenters. The summed E-state index contributed by atoms with van der Waals surface area (Å²) in [7, 11) is 0. The Bertz CT molecular complexity index is 2150. The predicted molar refractivity (Wildman–Crippen MR) is 196 cm³/mol. The number of hydrogen-bond acceptors (Lipinski definition) is 1. The van der Waals surface area contributed by atoms with Crippen LogP contribution in [0.4, 0.5) is 17.1 Å². The Morgan fingerprint density at radius 2 is 1.06 bits per heavy atom. The van der Waals surface area contributed by atoms with E-state index in [9.17, 15) is 0 Å². The van der Waals surface area contributed by atoms with Gasteiger partial charge in [-0.2, -0.15) is 0 Å². The molecule has 0 bridgehead atoms. The summed E-state index contributed by atoms with van der Waals surface area (Å²) in [6, 6.07) is 56.4. The highest BCUT2D eigenvalue weighted by Crippen LogP contribution is 2.61. The smallest absolute Gasteiger partial charge is 0.0526 e. The maximum Gasteiger partial charge on any atom is 0.0526 e. The van der Waals surface area contributed by atoms with Gasteiger partial charge in [0, 0.05) is 34.3 Å². The first kappa shape index (κ1) is 27.9. The SMILES string of the molecule is CC1(C)c2ccccc2-c2cc(C3(c4cccc(N(c5ccccc5)c5ccccc5)c4)c4ccccc4C4C=CC=CC43)ccc21. The normalized spacial score (nSPS) is 21.1. The van der Waals surface area contributed by atoms with Crippen LogP contribution in [0.5, 0.6) is 0 Å². The van der Waals surface area contributed by atoms with Crippen molar-refractivity contribution in [2.45, 2.75) is 30.6 Å². The summed E-state index contributed by atoms with van der Waals surface area (Å²) in [6.45, 7) is 4.74. The molecule has 1 heteroatoms. The third kappa shape index (κ3) is 4.02. The van der Waals surface area contributed by atoms with Gasteiger partial charge in [0.25, 0.3) is 0 Å². The molecule has 6 aromatic carbocycles. The Kier molecular flexibility index (Phi) is 6.27. The van der Waals surface area contributed by atoms with E-state index in [0.29, 0.717) is 5.92 Å². The van der Waals surface area contributed by atoms with E-state index < -0.39 is 0 Å². The Hall–Kier alpha value is -5.40. The fourth-order valence-electron chi connectivity index (χ4n) is 8.96. The third-order valence-electron chi connectivity index (χ3n) is 11.0. The van der Waals surface area contributed by atoms with Gasteiger partial charge in [0.15, 0.2) is 0 Å². The highest BCUT2D eigenvalue weighted by atomic mass is 15.1. The summed E-state index contributed by atoms with van der Waals surface area (Å²) < 4.78 is 0. The van der Waals surface area contributed by atoms with E-state index in [1.807, 2.05) is 0 Å². The van der Waals surface area contributed by atoms with Gasteiger partial charge in [-0.25, -0.2) is 0 Å². The van der Waals surface area contributed by atoms with Crippen molar-refractivity contribution >= 4 is 17.1 Å². The van der Waals surface area contributed by atoms with Gasteiger partial charge in [-0.1, -0.05) is 147 Å². The Balaban J connectivity index is 1.32. The molecule has 3 aliphatic rings. The lowest BCUT2D eigenvalue weighted by atomic mass is 9.62. The molecule has 0 radical (unpaired) electrons. The molecule has 0 aromatic heterocycles. The van der Waals surface area contributed by atoms with Crippen molar-refractivity contribution in [1.82, 2.24) is 0 Å².